The third-order valence-electron chi connectivity index (χ3n) is 4.65. The van der Waals surface area contributed by atoms with Crippen LogP contribution in [0.1, 0.15) is 38.7 Å². The molecule has 1 aliphatic rings. The fraction of sp³-hybridized carbons (Fsp3) is 0.550. The molecule has 0 saturated carbocycles. The zero-order valence-electron chi connectivity index (χ0n) is 15.3. The van der Waals surface area contributed by atoms with Crippen molar-refractivity contribution < 1.29 is 0 Å². The predicted molar refractivity (Wildman–Crippen MR) is 103 cm³/mol. The van der Waals surface area contributed by atoms with Crippen LogP contribution in [0.3, 0.4) is 0 Å². The van der Waals surface area contributed by atoms with Gasteiger partial charge in [0.15, 0.2) is 5.96 Å². The number of rotatable bonds is 6. The van der Waals surface area contributed by atoms with Crippen molar-refractivity contribution >= 4 is 5.96 Å². The van der Waals surface area contributed by atoms with Crippen molar-refractivity contribution in [3.63, 3.8) is 0 Å². The molecule has 0 aliphatic carbocycles. The number of benzene rings is 1. The van der Waals surface area contributed by atoms with Crippen LogP contribution in [0.2, 0.25) is 0 Å². The molecule has 1 aliphatic heterocycles. The van der Waals surface area contributed by atoms with Gasteiger partial charge in [-0.05, 0) is 38.7 Å². The zero-order chi connectivity index (χ0) is 17.2. The Morgan fingerprint density at radius 2 is 2.12 bits per heavy atom. The van der Waals surface area contributed by atoms with E-state index in [1.807, 2.05) is 7.05 Å². The molecule has 0 aromatic heterocycles. The van der Waals surface area contributed by atoms with Gasteiger partial charge in [0.2, 0.25) is 0 Å². The second kappa shape index (κ2) is 10.1. The highest BCUT2D eigenvalue weighted by Crippen LogP contribution is 2.19. The second-order valence-electron chi connectivity index (χ2n) is 6.53. The summed E-state index contributed by atoms with van der Waals surface area (Å²) in [4.78, 5) is 6.93. The van der Waals surface area contributed by atoms with Crippen LogP contribution in [0.15, 0.2) is 47.5 Å². The number of hydrogen-bond donors (Lipinski definition) is 2. The van der Waals surface area contributed by atoms with Gasteiger partial charge in [0.25, 0.3) is 0 Å². The van der Waals surface area contributed by atoms with E-state index in [1.165, 1.54) is 5.56 Å². The highest BCUT2D eigenvalue weighted by atomic mass is 15.2. The van der Waals surface area contributed by atoms with Crippen molar-refractivity contribution in [3.8, 4) is 0 Å². The van der Waals surface area contributed by atoms with Crippen molar-refractivity contribution in [1.82, 2.24) is 15.5 Å². The van der Waals surface area contributed by atoms with Crippen molar-refractivity contribution in [2.75, 3.05) is 20.1 Å². The Balaban J connectivity index is 1.77. The molecule has 0 spiro atoms. The molecular weight excluding hydrogens is 296 g/mol. The Labute approximate surface area is 147 Å². The molecule has 1 aromatic rings. The Morgan fingerprint density at radius 3 is 2.79 bits per heavy atom. The standard InChI is InChI=1S/C20H32N4/c1-4-5-9-13-22-20(21-3)23-19-12-14-24(17(2)15-19)16-18-10-7-6-8-11-18/h4-8,10-11,17,19H,9,12-16H2,1-3H3,(H2,21,22,23)/b5-4+. The van der Waals surface area contributed by atoms with Gasteiger partial charge in [-0.25, -0.2) is 0 Å². The molecule has 1 saturated heterocycles. The van der Waals surface area contributed by atoms with Crippen LogP contribution in [0.25, 0.3) is 0 Å². The molecule has 2 N–H and O–H groups in total. The first-order valence-electron chi connectivity index (χ1n) is 9.09. The molecule has 0 radical (unpaired) electrons. The maximum absolute atomic E-state index is 4.35. The summed E-state index contributed by atoms with van der Waals surface area (Å²) in [6.45, 7) is 7.48. The molecule has 0 amide bonds. The summed E-state index contributed by atoms with van der Waals surface area (Å²) in [7, 11) is 1.85. The Bertz CT molecular complexity index is 524. The number of allylic oxidation sites excluding steroid dienone is 1. The van der Waals surface area contributed by atoms with Crippen molar-refractivity contribution in [2.45, 2.75) is 51.7 Å². The maximum atomic E-state index is 4.35. The fourth-order valence-corrected chi connectivity index (χ4v) is 3.23. The number of guanidine groups is 1. The van der Waals surface area contributed by atoms with E-state index in [-0.39, 0.29) is 0 Å². The summed E-state index contributed by atoms with van der Waals surface area (Å²) < 4.78 is 0. The van der Waals surface area contributed by atoms with Crippen LogP contribution in [0.4, 0.5) is 0 Å². The van der Waals surface area contributed by atoms with Crippen molar-refractivity contribution in [1.29, 1.82) is 0 Å². The number of aliphatic imine (C=N–C) groups is 1. The lowest BCUT2D eigenvalue weighted by molar-refractivity contribution is 0.134. The van der Waals surface area contributed by atoms with Crippen LogP contribution >= 0.6 is 0 Å². The van der Waals surface area contributed by atoms with Crippen LogP contribution in [-0.4, -0.2) is 43.1 Å². The van der Waals surface area contributed by atoms with E-state index in [4.69, 9.17) is 0 Å². The summed E-state index contributed by atoms with van der Waals surface area (Å²) in [6, 6.07) is 11.8. The normalized spacial score (nSPS) is 22.7. The van der Waals surface area contributed by atoms with Gasteiger partial charge in [-0.2, -0.15) is 0 Å². The highest BCUT2D eigenvalue weighted by molar-refractivity contribution is 5.79. The summed E-state index contributed by atoms with van der Waals surface area (Å²) in [5.74, 6) is 0.924. The molecular formula is C20H32N4. The summed E-state index contributed by atoms with van der Waals surface area (Å²) in [6.07, 6.45) is 7.60. The van der Waals surface area contributed by atoms with Gasteiger partial charge in [-0.3, -0.25) is 9.89 Å². The minimum absolute atomic E-state index is 0.500. The van der Waals surface area contributed by atoms with Gasteiger partial charge >= 0.3 is 0 Å². The molecule has 1 heterocycles. The summed E-state index contributed by atoms with van der Waals surface area (Å²) in [5.41, 5.74) is 1.40. The first kappa shape index (κ1) is 18.5. The van der Waals surface area contributed by atoms with E-state index in [2.05, 4.69) is 76.9 Å². The summed E-state index contributed by atoms with van der Waals surface area (Å²) in [5, 5.41) is 6.98. The van der Waals surface area contributed by atoms with Gasteiger partial charge in [-0.1, -0.05) is 42.5 Å². The van der Waals surface area contributed by atoms with Crippen LogP contribution in [0, 0.1) is 0 Å². The van der Waals surface area contributed by atoms with E-state index in [0.717, 1.165) is 44.9 Å². The third-order valence-corrected chi connectivity index (χ3v) is 4.65. The first-order chi connectivity index (χ1) is 11.7. The van der Waals surface area contributed by atoms with Crippen LogP contribution in [-0.2, 0) is 6.54 Å². The van der Waals surface area contributed by atoms with Gasteiger partial charge in [-0.15, -0.1) is 0 Å². The van der Waals surface area contributed by atoms with Crippen molar-refractivity contribution in [3.05, 3.63) is 48.0 Å². The smallest absolute Gasteiger partial charge is 0.191 e. The van der Waals surface area contributed by atoms with E-state index in [0.29, 0.717) is 12.1 Å². The molecule has 4 heteroatoms. The molecule has 1 fully saturated rings. The number of hydrogen-bond acceptors (Lipinski definition) is 2. The SMILES string of the molecule is C/C=C/CCNC(=NC)NC1CCN(Cc2ccccc2)C(C)C1. The minimum Gasteiger partial charge on any atom is -0.356 e. The van der Waals surface area contributed by atoms with E-state index < -0.39 is 0 Å². The average Bonchev–Trinajstić information content (AvgIpc) is 2.61. The Morgan fingerprint density at radius 1 is 1.33 bits per heavy atom. The lowest BCUT2D eigenvalue weighted by atomic mass is 9.97. The van der Waals surface area contributed by atoms with Gasteiger partial charge < -0.3 is 10.6 Å². The van der Waals surface area contributed by atoms with Crippen LogP contribution < -0.4 is 10.6 Å². The average molecular weight is 329 g/mol. The van der Waals surface area contributed by atoms with E-state index in [9.17, 15) is 0 Å². The minimum atomic E-state index is 0.500. The Hall–Kier alpha value is -1.81. The predicted octanol–water partition coefficient (Wildman–Crippen LogP) is 3.17. The molecule has 2 atom stereocenters. The summed E-state index contributed by atoms with van der Waals surface area (Å²) >= 11 is 0. The van der Waals surface area contributed by atoms with Gasteiger partial charge in [0.05, 0.1) is 0 Å². The largest absolute Gasteiger partial charge is 0.356 e. The molecule has 2 unspecified atom stereocenters. The topological polar surface area (TPSA) is 39.7 Å². The zero-order valence-corrected chi connectivity index (χ0v) is 15.3. The molecule has 2 rings (SSSR count). The maximum Gasteiger partial charge on any atom is 0.191 e. The first-order valence-corrected chi connectivity index (χ1v) is 9.09. The van der Waals surface area contributed by atoms with Gasteiger partial charge in [0, 0.05) is 38.8 Å². The Kier molecular flexibility index (Phi) is 7.83. The van der Waals surface area contributed by atoms with Crippen molar-refractivity contribution in [2.24, 2.45) is 4.99 Å². The fourth-order valence-electron chi connectivity index (χ4n) is 3.23. The van der Waals surface area contributed by atoms with E-state index in [1.54, 1.807) is 0 Å². The lowest BCUT2D eigenvalue weighted by Crippen LogP contribution is -2.51. The monoisotopic (exact) mass is 328 g/mol. The molecule has 4 nitrogen and oxygen atoms in total. The third kappa shape index (κ3) is 6.00. The quantitative estimate of drug-likeness (QED) is 0.365. The second-order valence-corrected chi connectivity index (χ2v) is 6.53. The highest BCUT2D eigenvalue weighted by Gasteiger charge is 2.25. The number of likely N-dealkylation sites (tertiary alicyclic amines) is 1. The number of piperidine rings is 1. The molecule has 132 valence electrons. The van der Waals surface area contributed by atoms with E-state index >= 15 is 0 Å². The number of nitrogens with zero attached hydrogens (tertiary/aromatic N) is 2. The molecule has 24 heavy (non-hydrogen) atoms. The molecule has 1 aromatic carbocycles. The molecule has 0 bridgehead atoms. The number of nitrogens with one attached hydrogen (secondary N) is 2. The van der Waals surface area contributed by atoms with Crippen LogP contribution in [0.5, 0.6) is 0 Å². The lowest BCUT2D eigenvalue weighted by Gasteiger charge is -2.38. The van der Waals surface area contributed by atoms with Gasteiger partial charge in [0.1, 0.15) is 0 Å².